The molecule has 4 rings (SSSR count). The van der Waals surface area contributed by atoms with Gasteiger partial charge in [-0.2, -0.15) is 0 Å². The monoisotopic (exact) mass is 447 g/mol. The summed E-state index contributed by atoms with van der Waals surface area (Å²) in [5.74, 6) is 0.547. The fourth-order valence-electron chi connectivity index (χ4n) is 3.69. The van der Waals surface area contributed by atoms with Crippen LogP contribution in [-0.2, 0) is 6.42 Å². The first-order valence-corrected chi connectivity index (χ1v) is 10.5. The van der Waals surface area contributed by atoms with E-state index in [4.69, 9.17) is 20.8 Å². The number of fused-ring (bicyclic) bond motifs is 1. The fraction of sp³-hybridized carbons (Fsp3) is 0.154. The van der Waals surface area contributed by atoms with Gasteiger partial charge in [0.05, 0.1) is 0 Å². The van der Waals surface area contributed by atoms with Crippen molar-refractivity contribution in [3.63, 3.8) is 0 Å². The largest absolute Gasteiger partial charge is 0.487 e. The molecule has 0 unspecified atom stereocenters. The molecule has 0 radical (unpaired) electrons. The van der Waals surface area contributed by atoms with E-state index >= 15 is 0 Å². The number of oxime groups is 1. The molecule has 0 aliphatic heterocycles. The maximum absolute atomic E-state index is 12.8. The molecule has 0 fully saturated rings. The minimum absolute atomic E-state index is 0.0415. The minimum Gasteiger partial charge on any atom is -0.487 e. The normalized spacial score (nSPS) is 11.7. The molecule has 0 spiro atoms. The van der Waals surface area contributed by atoms with Gasteiger partial charge in [0.2, 0.25) is 0 Å². The minimum atomic E-state index is -0.349. The van der Waals surface area contributed by atoms with E-state index in [1.807, 2.05) is 56.3 Å². The Kier molecular flexibility index (Phi) is 6.28. The summed E-state index contributed by atoms with van der Waals surface area (Å²) in [6.45, 7) is 3.82. The van der Waals surface area contributed by atoms with Crippen LogP contribution in [-0.4, -0.2) is 17.5 Å². The Bertz CT molecular complexity index is 1340. The lowest BCUT2D eigenvalue weighted by Gasteiger charge is -2.14. The van der Waals surface area contributed by atoms with Crippen molar-refractivity contribution in [2.45, 2.75) is 20.3 Å². The summed E-state index contributed by atoms with van der Waals surface area (Å²) < 4.78 is 11.6. The van der Waals surface area contributed by atoms with Gasteiger partial charge in [0, 0.05) is 33.5 Å². The van der Waals surface area contributed by atoms with Crippen molar-refractivity contribution in [3.8, 4) is 5.75 Å². The number of benzene rings is 3. The van der Waals surface area contributed by atoms with Crippen LogP contribution in [0, 0.1) is 13.8 Å². The predicted octanol–water partition coefficient (Wildman–Crippen LogP) is 5.91. The molecule has 4 aromatic rings. The molecule has 0 saturated carbocycles. The smallest absolute Gasteiger partial charge is 0.340 e. The highest BCUT2D eigenvalue weighted by Gasteiger charge is 2.16. The predicted molar refractivity (Wildman–Crippen MR) is 126 cm³/mol. The molecule has 162 valence electrons. The zero-order valence-electron chi connectivity index (χ0n) is 17.8. The summed E-state index contributed by atoms with van der Waals surface area (Å²) in [4.78, 5) is 12.8. The van der Waals surface area contributed by atoms with Gasteiger partial charge in [-0.1, -0.05) is 59.2 Å². The summed E-state index contributed by atoms with van der Waals surface area (Å²) in [7, 11) is 0. The second kappa shape index (κ2) is 9.28. The van der Waals surface area contributed by atoms with Crippen LogP contribution in [0.3, 0.4) is 0 Å². The Morgan fingerprint density at radius 3 is 2.41 bits per heavy atom. The Morgan fingerprint density at radius 1 is 1.00 bits per heavy atom. The lowest BCUT2D eigenvalue weighted by molar-refractivity contribution is 0.308. The summed E-state index contributed by atoms with van der Waals surface area (Å²) in [6.07, 6.45) is 0.514. The first kappa shape index (κ1) is 21.7. The average molecular weight is 448 g/mol. The molecule has 6 heteroatoms. The van der Waals surface area contributed by atoms with Crippen molar-refractivity contribution >= 4 is 28.3 Å². The van der Waals surface area contributed by atoms with Crippen molar-refractivity contribution in [1.29, 1.82) is 0 Å². The number of halogens is 1. The molecular formula is C26H22ClNO4. The number of ether oxygens (including phenoxy) is 1. The van der Waals surface area contributed by atoms with Crippen LogP contribution >= 0.6 is 11.6 Å². The fourth-order valence-corrected chi connectivity index (χ4v) is 3.82. The van der Waals surface area contributed by atoms with E-state index in [0.717, 1.165) is 16.5 Å². The highest BCUT2D eigenvalue weighted by Crippen LogP contribution is 2.30. The number of hydrogen-bond acceptors (Lipinski definition) is 5. The molecule has 32 heavy (non-hydrogen) atoms. The molecule has 0 bridgehead atoms. The Hall–Kier alpha value is -3.57. The molecule has 5 nitrogen and oxygen atoms in total. The molecule has 0 aliphatic carbocycles. The summed E-state index contributed by atoms with van der Waals surface area (Å²) in [6, 6.07) is 20.5. The van der Waals surface area contributed by atoms with E-state index in [-0.39, 0.29) is 12.2 Å². The van der Waals surface area contributed by atoms with Crippen molar-refractivity contribution in [3.05, 3.63) is 110 Å². The van der Waals surface area contributed by atoms with E-state index in [1.165, 1.54) is 0 Å². The van der Waals surface area contributed by atoms with Crippen LogP contribution in [0.15, 0.2) is 81.1 Å². The Balaban J connectivity index is 1.63. The van der Waals surface area contributed by atoms with Crippen molar-refractivity contribution in [1.82, 2.24) is 0 Å². The van der Waals surface area contributed by atoms with E-state index in [9.17, 15) is 10.0 Å². The van der Waals surface area contributed by atoms with Gasteiger partial charge in [-0.3, -0.25) is 0 Å². The molecule has 1 heterocycles. The van der Waals surface area contributed by atoms with E-state index in [2.05, 4.69) is 5.16 Å². The van der Waals surface area contributed by atoms with Crippen LogP contribution in [0.1, 0.15) is 27.8 Å². The van der Waals surface area contributed by atoms with Crippen molar-refractivity contribution in [2.24, 2.45) is 5.16 Å². The summed E-state index contributed by atoms with van der Waals surface area (Å²) >= 11 is 5.92. The molecule has 0 atom stereocenters. The van der Waals surface area contributed by atoms with Gasteiger partial charge in [0.25, 0.3) is 0 Å². The molecule has 1 N–H and O–H groups in total. The first-order chi connectivity index (χ1) is 15.5. The molecular weight excluding hydrogens is 426 g/mol. The van der Waals surface area contributed by atoms with Gasteiger partial charge < -0.3 is 14.4 Å². The van der Waals surface area contributed by atoms with Gasteiger partial charge in [-0.25, -0.2) is 4.79 Å². The zero-order valence-corrected chi connectivity index (χ0v) is 18.5. The van der Waals surface area contributed by atoms with Crippen LogP contribution < -0.4 is 10.4 Å². The molecule has 0 amide bonds. The third-order valence-electron chi connectivity index (χ3n) is 5.54. The number of aryl methyl sites for hydroxylation is 2. The molecule has 0 aliphatic rings. The first-order valence-electron chi connectivity index (χ1n) is 10.2. The lowest BCUT2D eigenvalue weighted by Crippen LogP contribution is -2.14. The van der Waals surface area contributed by atoms with Crippen LogP contribution in [0.5, 0.6) is 5.75 Å². The standard InChI is InChI=1S/C26H22ClNO4/c1-16-21-12-13-24(31-15-23(28-30)19-8-10-20(27)11-9-19)17(2)25(21)32-26(29)22(16)14-18-6-4-3-5-7-18/h3-13,30H,14-15H2,1-2H3/b28-23-. The summed E-state index contributed by atoms with van der Waals surface area (Å²) in [5.41, 5.74) is 4.51. The van der Waals surface area contributed by atoms with Crippen LogP contribution in [0.4, 0.5) is 0 Å². The number of hydrogen-bond donors (Lipinski definition) is 1. The lowest BCUT2D eigenvalue weighted by atomic mass is 9.98. The SMILES string of the molecule is Cc1c(Cc2ccccc2)c(=O)oc2c(C)c(OC/C(=N/O)c3ccc(Cl)cc3)ccc12. The average Bonchev–Trinajstić information content (AvgIpc) is 2.80. The summed E-state index contributed by atoms with van der Waals surface area (Å²) in [5, 5.41) is 14.2. The van der Waals surface area contributed by atoms with Gasteiger partial charge in [0.15, 0.2) is 0 Å². The van der Waals surface area contributed by atoms with Crippen molar-refractivity contribution in [2.75, 3.05) is 6.61 Å². The third kappa shape index (κ3) is 4.39. The van der Waals surface area contributed by atoms with Crippen LogP contribution in [0.25, 0.3) is 11.0 Å². The van der Waals surface area contributed by atoms with E-state index < -0.39 is 0 Å². The number of nitrogens with zero attached hydrogens (tertiary/aromatic N) is 1. The number of rotatable bonds is 6. The van der Waals surface area contributed by atoms with Gasteiger partial charge in [-0.05, 0) is 49.2 Å². The maximum atomic E-state index is 12.8. The third-order valence-corrected chi connectivity index (χ3v) is 5.79. The molecule has 1 aromatic heterocycles. The maximum Gasteiger partial charge on any atom is 0.340 e. The zero-order chi connectivity index (χ0) is 22.7. The van der Waals surface area contributed by atoms with E-state index in [1.54, 1.807) is 24.3 Å². The Morgan fingerprint density at radius 2 is 1.72 bits per heavy atom. The van der Waals surface area contributed by atoms with E-state index in [0.29, 0.717) is 45.2 Å². The highest BCUT2D eigenvalue weighted by atomic mass is 35.5. The molecule has 0 saturated heterocycles. The molecule has 3 aromatic carbocycles. The van der Waals surface area contributed by atoms with Gasteiger partial charge >= 0.3 is 5.63 Å². The van der Waals surface area contributed by atoms with Gasteiger partial charge in [-0.15, -0.1) is 0 Å². The van der Waals surface area contributed by atoms with Crippen LogP contribution in [0.2, 0.25) is 5.02 Å². The van der Waals surface area contributed by atoms with Crippen molar-refractivity contribution < 1.29 is 14.4 Å². The Labute approximate surface area is 190 Å². The quantitative estimate of drug-likeness (QED) is 0.172. The second-order valence-electron chi connectivity index (χ2n) is 7.56. The van der Waals surface area contributed by atoms with Gasteiger partial charge in [0.1, 0.15) is 23.7 Å². The highest BCUT2D eigenvalue weighted by molar-refractivity contribution is 6.30. The second-order valence-corrected chi connectivity index (χ2v) is 8.00. The topological polar surface area (TPSA) is 72.0 Å².